The fourth-order valence-electron chi connectivity index (χ4n) is 7.23. The van der Waals surface area contributed by atoms with Crippen LogP contribution in [0.4, 0.5) is 0 Å². The van der Waals surface area contributed by atoms with Gasteiger partial charge in [-0.2, -0.15) is 0 Å². The Bertz CT molecular complexity index is 1160. The second-order valence-corrected chi connectivity index (χ2v) is 18.2. The van der Waals surface area contributed by atoms with Gasteiger partial charge in [-0.15, -0.1) is 23.5 Å². The molecule has 2 atom stereocenters. The van der Waals surface area contributed by atoms with Crippen molar-refractivity contribution in [3.63, 3.8) is 0 Å². The van der Waals surface area contributed by atoms with Gasteiger partial charge in [-0.25, -0.2) is 0 Å². The maximum absolute atomic E-state index is 13.3. The standard InChI is InChI=1S/C43H66O4S2/c1-9-46-40(44)42(7,37-22-18-34(19-23-37)30-32(3)4)26-13-11-16-36(39-48-28-15-29-49-39)17-12-14-27-43(8,41(45)47-10-2)38-24-20-35(21-25-38)31-33(5)6/h18-25,32-33,36,39H,9-17,26-31H2,1-8H3. The van der Waals surface area contributed by atoms with Gasteiger partial charge in [-0.1, -0.05) is 102 Å². The number of hydrogen-bond acceptors (Lipinski definition) is 6. The topological polar surface area (TPSA) is 52.6 Å². The molecule has 0 N–H and O–H groups in total. The molecule has 274 valence electrons. The minimum atomic E-state index is -0.638. The van der Waals surface area contributed by atoms with Gasteiger partial charge in [0.1, 0.15) is 0 Å². The molecule has 1 aliphatic heterocycles. The Hall–Kier alpha value is -1.92. The summed E-state index contributed by atoms with van der Waals surface area (Å²) in [6.07, 6.45) is 11.5. The maximum Gasteiger partial charge on any atom is 0.316 e. The fraction of sp³-hybridized carbons (Fsp3) is 0.674. The Morgan fingerprint density at radius 2 is 1.06 bits per heavy atom. The number of benzene rings is 2. The Balaban J connectivity index is 1.64. The number of unbranched alkanes of at least 4 members (excludes halogenated alkanes) is 2. The summed E-state index contributed by atoms with van der Waals surface area (Å²) in [5, 5.41) is 0. The maximum atomic E-state index is 13.3. The molecule has 4 nitrogen and oxygen atoms in total. The van der Waals surface area contributed by atoms with E-state index in [2.05, 4.69) is 114 Å². The van der Waals surface area contributed by atoms with Crippen molar-refractivity contribution in [1.29, 1.82) is 0 Å². The van der Waals surface area contributed by atoms with E-state index in [-0.39, 0.29) is 11.9 Å². The number of carbonyl (C=O) groups is 2. The Morgan fingerprint density at radius 1 is 0.673 bits per heavy atom. The molecule has 0 aromatic heterocycles. The highest BCUT2D eigenvalue weighted by Crippen LogP contribution is 2.41. The van der Waals surface area contributed by atoms with Crippen LogP contribution in [0.25, 0.3) is 0 Å². The van der Waals surface area contributed by atoms with Crippen molar-refractivity contribution in [2.45, 2.75) is 141 Å². The zero-order chi connectivity index (χ0) is 35.9. The highest BCUT2D eigenvalue weighted by molar-refractivity contribution is 8.17. The lowest BCUT2D eigenvalue weighted by Crippen LogP contribution is -2.34. The monoisotopic (exact) mass is 710 g/mol. The Morgan fingerprint density at radius 3 is 1.41 bits per heavy atom. The lowest BCUT2D eigenvalue weighted by Gasteiger charge is -2.31. The molecule has 2 aromatic carbocycles. The molecule has 1 aliphatic rings. The van der Waals surface area contributed by atoms with Crippen molar-refractivity contribution in [2.75, 3.05) is 24.7 Å². The van der Waals surface area contributed by atoms with Gasteiger partial charge in [0.15, 0.2) is 0 Å². The van der Waals surface area contributed by atoms with E-state index in [4.69, 9.17) is 9.47 Å². The lowest BCUT2D eigenvalue weighted by atomic mass is 9.77. The molecule has 0 aliphatic carbocycles. The largest absolute Gasteiger partial charge is 0.465 e. The zero-order valence-electron chi connectivity index (χ0n) is 32.0. The summed E-state index contributed by atoms with van der Waals surface area (Å²) in [7, 11) is 0. The molecule has 0 spiro atoms. The summed E-state index contributed by atoms with van der Waals surface area (Å²) in [5.74, 6) is 4.10. The van der Waals surface area contributed by atoms with Crippen LogP contribution >= 0.6 is 23.5 Å². The molecule has 49 heavy (non-hydrogen) atoms. The van der Waals surface area contributed by atoms with Gasteiger partial charge in [-0.3, -0.25) is 9.59 Å². The first-order chi connectivity index (χ1) is 23.4. The van der Waals surface area contributed by atoms with Gasteiger partial charge < -0.3 is 9.47 Å². The number of carbonyl (C=O) groups excluding carboxylic acids is 2. The first-order valence-electron chi connectivity index (χ1n) is 19.2. The molecule has 0 bridgehead atoms. The Kier molecular flexibility index (Phi) is 17.6. The van der Waals surface area contributed by atoms with Crippen LogP contribution in [0.5, 0.6) is 0 Å². The van der Waals surface area contributed by atoms with Crippen LogP contribution in [0.3, 0.4) is 0 Å². The van der Waals surface area contributed by atoms with E-state index in [0.717, 1.165) is 62.5 Å². The van der Waals surface area contributed by atoms with Gasteiger partial charge in [0, 0.05) is 0 Å². The van der Waals surface area contributed by atoms with Gasteiger partial charge in [-0.05, 0) is 124 Å². The van der Waals surface area contributed by atoms with Gasteiger partial charge in [0.05, 0.1) is 28.6 Å². The predicted octanol–water partition coefficient (Wildman–Crippen LogP) is 11.4. The predicted molar refractivity (Wildman–Crippen MR) is 212 cm³/mol. The van der Waals surface area contributed by atoms with E-state index < -0.39 is 10.8 Å². The zero-order valence-corrected chi connectivity index (χ0v) is 33.6. The van der Waals surface area contributed by atoms with E-state index in [1.807, 2.05) is 13.8 Å². The summed E-state index contributed by atoms with van der Waals surface area (Å²) in [4.78, 5) is 26.7. The number of ether oxygens (including phenoxy) is 2. The second-order valence-electron chi connectivity index (χ2n) is 15.4. The highest BCUT2D eigenvalue weighted by Gasteiger charge is 2.38. The van der Waals surface area contributed by atoms with Crippen LogP contribution in [0.15, 0.2) is 48.5 Å². The molecular weight excluding hydrogens is 645 g/mol. The molecule has 2 aromatic rings. The third kappa shape index (κ3) is 12.7. The SMILES string of the molecule is CCOC(=O)C(C)(CCCCC(CCCCC(C)(C(=O)OCC)c1ccc(CC(C)C)cc1)C1SCCCS1)c1ccc(CC(C)C)cc1. The molecule has 3 rings (SSSR count). The summed E-state index contributed by atoms with van der Waals surface area (Å²) < 4.78 is 11.9. The van der Waals surface area contributed by atoms with Gasteiger partial charge in [0.25, 0.3) is 0 Å². The third-order valence-electron chi connectivity index (χ3n) is 10.2. The van der Waals surface area contributed by atoms with Crippen LogP contribution in [-0.2, 0) is 42.7 Å². The van der Waals surface area contributed by atoms with Gasteiger partial charge >= 0.3 is 11.9 Å². The smallest absolute Gasteiger partial charge is 0.316 e. The summed E-state index contributed by atoms with van der Waals surface area (Å²) in [6.45, 7) is 17.7. The first-order valence-corrected chi connectivity index (χ1v) is 21.3. The molecular formula is C43H66O4S2. The van der Waals surface area contributed by atoms with E-state index in [0.29, 0.717) is 35.5 Å². The average molecular weight is 711 g/mol. The van der Waals surface area contributed by atoms with E-state index in [9.17, 15) is 9.59 Å². The highest BCUT2D eigenvalue weighted by atomic mass is 32.2. The number of esters is 2. The number of hydrogen-bond donors (Lipinski definition) is 0. The Labute approximate surface area is 308 Å². The van der Waals surface area contributed by atoms with Crippen molar-refractivity contribution in [3.8, 4) is 0 Å². The minimum absolute atomic E-state index is 0.110. The van der Waals surface area contributed by atoms with Crippen molar-refractivity contribution in [1.82, 2.24) is 0 Å². The molecule has 1 saturated heterocycles. The number of rotatable bonds is 21. The van der Waals surface area contributed by atoms with E-state index >= 15 is 0 Å². The first kappa shape index (κ1) is 41.5. The summed E-state index contributed by atoms with van der Waals surface area (Å²) >= 11 is 4.28. The molecule has 0 amide bonds. The second kappa shape index (κ2) is 20.8. The summed E-state index contributed by atoms with van der Waals surface area (Å²) in [6, 6.07) is 17.4. The van der Waals surface area contributed by atoms with Crippen LogP contribution in [0.2, 0.25) is 0 Å². The molecule has 1 heterocycles. The van der Waals surface area contributed by atoms with E-state index in [1.54, 1.807) is 0 Å². The summed E-state index contributed by atoms with van der Waals surface area (Å²) in [5.41, 5.74) is 3.48. The van der Waals surface area contributed by atoms with Crippen molar-refractivity contribution in [2.24, 2.45) is 17.8 Å². The number of thioether (sulfide) groups is 2. The molecule has 1 fully saturated rings. The van der Waals surface area contributed by atoms with E-state index in [1.165, 1.54) is 41.9 Å². The van der Waals surface area contributed by atoms with Crippen molar-refractivity contribution in [3.05, 3.63) is 70.8 Å². The fourth-order valence-corrected chi connectivity index (χ4v) is 10.6. The quantitative estimate of drug-likeness (QED) is 0.0949. The lowest BCUT2D eigenvalue weighted by molar-refractivity contribution is -0.150. The molecule has 2 unspecified atom stereocenters. The molecule has 0 radical (unpaired) electrons. The van der Waals surface area contributed by atoms with Crippen LogP contribution in [0, 0.1) is 17.8 Å². The average Bonchev–Trinajstić information content (AvgIpc) is 3.08. The van der Waals surface area contributed by atoms with Crippen LogP contribution in [0.1, 0.15) is 135 Å². The van der Waals surface area contributed by atoms with Crippen LogP contribution < -0.4 is 0 Å². The molecule has 0 saturated carbocycles. The van der Waals surface area contributed by atoms with Crippen LogP contribution in [-0.4, -0.2) is 41.2 Å². The third-order valence-corrected chi connectivity index (χ3v) is 13.5. The normalized spacial score (nSPS) is 17.0. The van der Waals surface area contributed by atoms with Crippen molar-refractivity contribution >= 4 is 35.5 Å². The molecule has 6 heteroatoms. The van der Waals surface area contributed by atoms with Crippen molar-refractivity contribution < 1.29 is 19.1 Å². The minimum Gasteiger partial charge on any atom is -0.465 e. The van der Waals surface area contributed by atoms with Gasteiger partial charge in [0.2, 0.25) is 0 Å².